The van der Waals surface area contributed by atoms with Gasteiger partial charge in [-0.05, 0) is 53.3 Å². The van der Waals surface area contributed by atoms with Gasteiger partial charge in [-0.25, -0.2) is 4.39 Å². The Labute approximate surface area is 204 Å². The number of rotatable bonds is 8. The van der Waals surface area contributed by atoms with E-state index in [2.05, 4.69) is 31.3 Å². The highest BCUT2D eigenvalue weighted by Gasteiger charge is 2.34. The number of carbonyl (C=O) groups is 2. The van der Waals surface area contributed by atoms with Crippen LogP contribution in [0, 0.1) is 5.82 Å². The molecule has 4 rings (SSSR count). The number of hydrogen-bond acceptors (Lipinski definition) is 4. The van der Waals surface area contributed by atoms with Crippen LogP contribution in [0.5, 0.6) is 5.75 Å². The number of carboxylic acids is 1. The van der Waals surface area contributed by atoms with E-state index < -0.39 is 23.9 Å². The SMILES string of the molecule is CC(C)c1ccc(CN2C(=O)C(N[C@H](Cc3ccc(F)cc3)C(=O)O)COc3ccccc32)cc1. The maximum atomic E-state index is 13.7. The van der Waals surface area contributed by atoms with Gasteiger partial charge in [-0.3, -0.25) is 14.9 Å². The second-order valence-electron chi connectivity index (χ2n) is 9.04. The van der Waals surface area contributed by atoms with E-state index in [9.17, 15) is 19.1 Å². The zero-order valence-electron chi connectivity index (χ0n) is 19.8. The molecule has 1 amide bonds. The third kappa shape index (κ3) is 5.87. The second-order valence-corrected chi connectivity index (χ2v) is 9.04. The Balaban J connectivity index is 1.58. The van der Waals surface area contributed by atoms with Crippen molar-refractivity contribution in [3.8, 4) is 5.75 Å². The minimum absolute atomic E-state index is 0.00810. The third-order valence-corrected chi connectivity index (χ3v) is 6.17. The van der Waals surface area contributed by atoms with Crippen LogP contribution < -0.4 is 15.0 Å². The first-order valence-electron chi connectivity index (χ1n) is 11.7. The number of nitrogens with one attached hydrogen (secondary N) is 1. The van der Waals surface area contributed by atoms with Crippen molar-refractivity contribution in [1.29, 1.82) is 0 Å². The van der Waals surface area contributed by atoms with Crippen LogP contribution in [0.25, 0.3) is 0 Å². The predicted octanol–water partition coefficient (Wildman–Crippen LogP) is 4.53. The molecular formula is C28H29FN2O4. The lowest BCUT2D eigenvalue weighted by molar-refractivity contribution is -0.140. The van der Waals surface area contributed by atoms with Gasteiger partial charge in [0.1, 0.15) is 30.3 Å². The number of ether oxygens (including phenoxy) is 1. The van der Waals surface area contributed by atoms with Crippen molar-refractivity contribution in [1.82, 2.24) is 5.32 Å². The molecule has 2 N–H and O–H groups in total. The topological polar surface area (TPSA) is 78.9 Å². The lowest BCUT2D eigenvalue weighted by Crippen LogP contribution is -2.54. The van der Waals surface area contributed by atoms with Gasteiger partial charge in [0.25, 0.3) is 0 Å². The Morgan fingerprint density at radius 2 is 1.71 bits per heavy atom. The summed E-state index contributed by atoms with van der Waals surface area (Å²) in [6.07, 6.45) is 0.100. The molecule has 0 saturated heterocycles. The predicted molar refractivity (Wildman–Crippen MR) is 132 cm³/mol. The van der Waals surface area contributed by atoms with E-state index in [0.717, 1.165) is 5.56 Å². The van der Waals surface area contributed by atoms with Gasteiger partial charge in [-0.15, -0.1) is 0 Å². The monoisotopic (exact) mass is 476 g/mol. The van der Waals surface area contributed by atoms with Crippen molar-refractivity contribution in [3.05, 3.63) is 95.3 Å². The highest BCUT2D eigenvalue weighted by Crippen LogP contribution is 2.32. The highest BCUT2D eigenvalue weighted by molar-refractivity contribution is 5.99. The van der Waals surface area contributed by atoms with Gasteiger partial charge in [0.05, 0.1) is 12.2 Å². The molecule has 35 heavy (non-hydrogen) atoms. The van der Waals surface area contributed by atoms with Gasteiger partial charge >= 0.3 is 5.97 Å². The molecule has 1 unspecified atom stereocenters. The van der Waals surface area contributed by atoms with Gasteiger partial charge < -0.3 is 14.7 Å². The zero-order valence-corrected chi connectivity index (χ0v) is 19.8. The van der Waals surface area contributed by atoms with Gasteiger partial charge in [0, 0.05) is 0 Å². The second kappa shape index (κ2) is 10.7. The Hall–Kier alpha value is -3.71. The molecule has 3 aromatic carbocycles. The maximum Gasteiger partial charge on any atom is 0.321 e. The molecule has 2 atom stereocenters. The van der Waals surface area contributed by atoms with Crippen LogP contribution in [0.3, 0.4) is 0 Å². The summed E-state index contributed by atoms with van der Waals surface area (Å²) in [7, 11) is 0. The van der Waals surface area contributed by atoms with E-state index >= 15 is 0 Å². The minimum atomic E-state index is -1.10. The van der Waals surface area contributed by atoms with E-state index in [0.29, 0.717) is 29.5 Å². The first kappa shape index (κ1) is 24.4. The average molecular weight is 477 g/mol. The first-order chi connectivity index (χ1) is 16.8. The van der Waals surface area contributed by atoms with E-state index in [1.807, 2.05) is 30.3 Å². The fraction of sp³-hybridized carbons (Fsp3) is 0.286. The molecule has 0 spiro atoms. The molecule has 1 aliphatic heterocycles. The summed E-state index contributed by atoms with van der Waals surface area (Å²) in [4.78, 5) is 27.3. The number of carboxylic acid groups (broad SMARTS) is 1. The molecule has 0 bridgehead atoms. The Morgan fingerprint density at radius 3 is 2.37 bits per heavy atom. The van der Waals surface area contributed by atoms with Crippen molar-refractivity contribution in [2.24, 2.45) is 0 Å². The molecule has 0 aromatic heterocycles. The van der Waals surface area contributed by atoms with Crippen LogP contribution in [-0.2, 0) is 22.6 Å². The molecule has 0 radical (unpaired) electrons. The van der Waals surface area contributed by atoms with Crippen LogP contribution in [0.1, 0.15) is 36.5 Å². The van der Waals surface area contributed by atoms with Crippen molar-refractivity contribution in [2.45, 2.75) is 44.8 Å². The number of anilines is 1. The molecule has 0 saturated carbocycles. The molecule has 0 fully saturated rings. The summed E-state index contributed by atoms with van der Waals surface area (Å²) in [6.45, 7) is 4.57. The Morgan fingerprint density at radius 1 is 1.06 bits per heavy atom. The molecule has 1 aliphatic rings. The van der Waals surface area contributed by atoms with E-state index in [-0.39, 0.29) is 18.9 Å². The number of amides is 1. The van der Waals surface area contributed by atoms with Crippen molar-refractivity contribution in [3.63, 3.8) is 0 Å². The normalized spacial score (nSPS) is 16.4. The van der Waals surface area contributed by atoms with Crippen LogP contribution in [-0.4, -0.2) is 35.7 Å². The largest absolute Gasteiger partial charge is 0.489 e. The number of benzene rings is 3. The summed E-state index contributed by atoms with van der Waals surface area (Å²) in [5.41, 5.74) is 3.46. The number of nitrogens with zero attached hydrogens (tertiary/aromatic N) is 1. The standard InChI is InChI=1S/C28H29FN2O4/c1-18(2)21-11-7-20(8-12-21)16-31-25-5-3-4-6-26(25)35-17-24(27(31)32)30-23(28(33)34)15-19-9-13-22(29)14-10-19/h3-14,18,23-24,30H,15-17H2,1-2H3,(H,33,34)/t23-,24?/m1/s1. The van der Waals surface area contributed by atoms with Crippen molar-refractivity contribution >= 4 is 17.6 Å². The first-order valence-corrected chi connectivity index (χ1v) is 11.7. The van der Waals surface area contributed by atoms with Crippen molar-refractivity contribution in [2.75, 3.05) is 11.5 Å². The minimum Gasteiger partial charge on any atom is -0.489 e. The molecule has 3 aromatic rings. The molecule has 7 heteroatoms. The number of fused-ring (bicyclic) bond motifs is 1. The summed E-state index contributed by atoms with van der Waals surface area (Å²) in [5.74, 6) is -0.793. The number of carbonyl (C=O) groups excluding carboxylic acids is 1. The van der Waals surface area contributed by atoms with Crippen LogP contribution in [0.2, 0.25) is 0 Å². The molecular weight excluding hydrogens is 447 g/mol. The van der Waals surface area contributed by atoms with E-state index in [4.69, 9.17) is 4.74 Å². The number of aliphatic carboxylic acids is 1. The van der Waals surface area contributed by atoms with Crippen LogP contribution in [0.4, 0.5) is 10.1 Å². The fourth-order valence-electron chi connectivity index (χ4n) is 4.14. The zero-order chi connectivity index (χ0) is 24.9. The third-order valence-electron chi connectivity index (χ3n) is 6.17. The Kier molecular flexibility index (Phi) is 7.46. The average Bonchev–Trinajstić information content (AvgIpc) is 2.97. The van der Waals surface area contributed by atoms with Crippen LogP contribution in [0.15, 0.2) is 72.8 Å². The molecule has 6 nitrogen and oxygen atoms in total. The van der Waals surface area contributed by atoms with Crippen molar-refractivity contribution < 1.29 is 23.8 Å². The summed E-state index contributed by atoms with van der Waals surface area (Å²) >= 11 is 0. The lowest BCUT2D eigenvalue weighted by atomic mass is 10.0. The summed E-state index contributed by atoms with van der Waals surface area (Å²) in [6, 6.07) is 19.2. The number of halogens is 1. The quantitative estimate of drug-likeness (QED) is 0.500. The number of hydrogen-bond donors (Lipinski definition) is 2. The number of para-hydroxylation sites is 2. The highest BCUT2D eigenvalue weighted by atomic mass is 19.1. The maximum absolute atomic E-state index is 13.7. The Bertz CT molecular complexity index is 1180. The smallest absolute Gasteiger partial charge is 0.321 e. The molecule has 182 valence electrons. The van der Waals surface area contributed by atoms with E-state index in [1.165, 1.54) is 17.7 Å². The van der Waals surface area contributed by atoms with Gasteiger partial charge in [-0.2, -0.15) is 0 Å². The van der Waals surface area contributed by atoms with Crippen LogP contribution >= 0.6 is 0 Å². The van der Waals surface area contributed by atoms with Gasteiger partial charge in [-0.1, -0.05) is 62.4 Å². The molecule has 1 heterocycles. The summed E-state index contributed by atoms with van der Waals surface area (Å²) in [5, 5.41) is 12.8. The van der Waals surface area contributed by atoms with Gasteiger partial charge in [0.15, 0.2) is 0 Å². The fourth-order valence-corrected chi connectivity index (χ4v) is 4.14. The molecule has 0 aliphatic carbocycles. The van der Waals surface area contributed by atoms with E-state index in [1.54, 1.807) is 23.1 Å². The van der Waals surface area contributed by atoms with Gasteiger partial charge in [0.2, 0.25) is 5.91 Å². The lowest BCUT2D eigenvalue weighted by Gasteiger charge is -2.27. The summed E-state index contributed by atoms with van der Waals surface area (Å²) < 4.78 is 19.2.